The highest BCUT2D eigenvalue weighted by Gasteiger charge is 2.17. The molecule has 0 aliphatic rings. The molecule has 1 atom stereocenters. The standard InChI is InChI=1S/C13H12BrCl2NO/c1-17-12(13-10(14)4-5-18-13)6-8-2-3-9(15)7-11(8)16/h2-5,7,12,17H,6H2,1H3. The molecule has 2 rings (SSSR count). The lowest BCUT2D eigenvalue weighted by molar-refractivity contribution is 0.427. The Balaban J connectivity index is 2.23. The molecule has 2 aromatic rings. The van der Waals surface area contributed by atoms with E-state index in [9.17, 15) is 0 Å². The van der Waals surface area contributed by atoms with Gasteiger partial charge in [0.2, 0.25) is 0 Å². The smallest absolute Gasteiger partial charge is 0.135 e. The molecule has 0 fully saturated rings. The van der Waals surface area contributed by atoms with E-state index in [1.807, 2.05) is 25.2 Å². The molecule has 0 radical (unpaired) electrons. The van der Waals surface area contributed by atoms with E-state index in [-0.39, 0.29) is 6.04 Å². The average molecular weight is 349 g/mol. The van der Waals surface area contributed by atoms with E-state index in [2.05, 4.69) is 21.2 Å². The van der Waals surface area contributed by atoms with Gasteiger partial charge >= 0.3 is 0 Å². The molecule has 0 saturated heterocycles. The first-order chi connectivity index (χ1) is 8.61. The third kappa shape index (κ3) is 3.09. The van der Waals surface area contributed by atoms with Crippen LogP contribution in [0.2, 0.25) is 10.0 Å². The van der Waals surface area contributed by atoms with E-state index in [4.69, 9.17) is 27.6 Å². The van der Waals surface area contributed by atoms with Crippen LogP contribution in [0.15, 0.2) is 39.4 Å². The molecule has 96 valence electrons. The summed E-state index contributed by atoms with van der Waals surface area (Å²) in [4.78, 5) is 0. The zero-order valence-electron chi connectivity index (χ0n) is 9.71. The first-order valence-corrected chi connectivity index (χ1v) is 7.00. The average Bonchev–Trinajstić information content (AvgIpc) is 2.75. The van der Waals surface area contributed by atoms with Gasteiger partial charge in [-0.1, -0.05) is 29.3 Å². The molecule has 0 spiro atoms. The van der Waals surface area contributed by atoms with Crippen molar-refractivity contribution in [3.63, 3.8) is 0 Å². The monoisotopic (exact) mass is 347 g/mol. The van der Waals surface area contributed by atoms with Gasteiger partial charge in [-0.25, -0.2) is 0 Å². The third-order valence-corrected chi connectivity index (χ3v) is 3.99. The molecule has 1 unspecified atom stereocenters. The zero-order valence-corrected chi connectivity index (χ0v) is 12.8. The van der Waals surface area contributed by atoms with Crippen molar-refractivity contribution in [1.29, 1.82) is 0 Å². The summed E-state index contributed by atoms with van der Waals surface area (Å²) < 4.78 is 6.43. The molecular formula is C13H12BrCl2NO. The van der Waals surface area contributed by atoms with Gasteiger partial charge in [-0.3, -0.25) is 0 Å². The minimum atomic E-state index is 0.0630. The Labute approximate surface area is 124 Å². The van der Waals surface area contributed by atoms with Crippen molar-refractivity contribution < 1.29 is 4.42 Å². The van der Waals surface area contributed by atoms with Crippen molar-refractivity contribution in [3.8, 4) is 0 Å². The summed E-state index contributed by atoms with van der Waals surface area (Å²) in [5, 5.41) is 4.53. The Bertz CT molecular complexity index is 542. The number of furan rings is 1. The quantitative estimate of drug-likeness (QED) is 0.854. The lowest BCUT2D eigenvalue weighted by Crippen LogP contribution is -2.18. The van der Waals surface area contributed by atoms with Crippen LogP contribution in [0.25, 0.3) is 0 Å². The van der Waals surface area contributed by atoms with Crippen LogP contribution in [0, 0.1) is 0 Å². The molecule has 2 nitrogen and oxygen atoms in total. The molecule has 1 heterocycles. The second-order valence-corrected chi connectivity index (χ2v) is 5.61. The van der Waals surface area contributed by atoms with E-state index in [0.717, 1.165) is 22.2 Å². The normalized spacial score (nSPS) is 12.7. The topological polar surface area (TPSA) is 25.2 Å². The van der Waals surface area contributed by atoms with Crippen molar-refractivity contribution in [3.05, 3.63) is 56.4 Å². The fourth-order valence-corrected chi connectivity index (χ4v) is 2.75. The molecule has 5 heteroatoms. The maximum atomic E-state index is 6.18. The first kappa shape index (κ1) is 13.9. The molecule has 1 aromatic heterocycles. The van der Waals surface area contributed by atoms with Crippen molar-refractivity contribution >= 4 is 39.1 Å². The molecule has 0 saturated carbocycles. The Morgan fingerprint density at radius 3 is 2.67 bits per heavy atom. The van der Waals surface area contributed by atoms with Crippen LogP contribution < -0.4 is 5.32 Å². The molecular weight excluding hydrogens is 337 g/mol. The largest absolute Gasteiger partial charge is 0.466 e. The lowest BCUT2D eigenvalue weighted by atomic mass is 10.0. The number of hydrogen-bond acceptors (Lipinski definition) is 2. The van der Waals surface area contributed by atoms with Gasteiger partial charge in [0.1, 0.15) is 5.76 Å². The van der Waals surface area contributed by atoms with E-state index < -0.39 is 0 Å². The van der Waals surface area contributed by atoms with Gasteiger partial charge in [-0.05, 0) is 53.2 Å². The predicted molar refractivity (Wildman–Crippen MR) is 78.4 cm³/mol. The fraction of sp³-hybridized carbons (Fsp3) is 0.231. The van der Waals surface area contributed by atoms with Gasteiger partial charge in [-0.2, -0.15) is 0 Å². The Kier molecular flexibility index (Phi) is 4.73. The molecule has 1 N–H and O–H groups in total. The second-order valence-electron chi connectivity index (χ2n) is 3.91. The Morgan fingerprint density at radius 2 is 2.11 bits per heavy atom. The summed E-state index contributed by atoms with van der Waals surface area (Å²) in [6.45, 7) is 0. The number of rotatable bonds is 4. The van der Waals surface area contributed by atoms with Gasteiger partial charge < -0.3 is 9.73 Å². The van der Waals surface area contributed by atoms with Crippen molar-refractivity contribution in [2.75, 3.05) is 7.05 Å². The zero-order chi connectivity index (χ0) is 13.1. The fourth-order valence-electron chi connectivity index (χ4n) is 1.79. The number of hydrogen-bond donors (Lipinski definition) is 1. The molecule has 0 bridgehead atoms. The molecule has 18 heavy (non-hydrogen) atoms. The summed E-state index contributed by atoms with van der Waals surface area (Å²) in [6, 6.07) is 7.47. The van der Waals surface area contributed by atoms with Gasteiger partial charge in [0, 0.05) is 10.0 Å². The van der Waals surface area contributed by atoms with E-state index in [1.54, 1.807) is 12.3 Å². The minimum Gasteiger partial charge on any atom is -0.466 e. The van der Waals surface area contributed by atoms with Crippen LogP contribution in [-0.4, -0.2) is 7.05 Å². The predicted octanol–water partition coefficient (Wildman–Crippen LogP) is 4.85. The summed E-state index contributed by atoms with van der Waals surface area (Å²) in [7, 11) is 1.89. The Morgan fingerprint density at radius 1 is 1.33 bits per heavy atom. The van der Waals surface area contributed by atoms with Crippen molar-refractivity contribution in [2.45, 2.75) is 12.5 Å². The van der Waals surface area contributed by atoms with Crippen LogP contribution in [0.4, 0.5) is 0 Å². The molecule has 0 aliphatic heterocycles. The maximum Gasteiger partial charge on any atom is 0.135 e. The summed E-state index contributed by atoms with van der Waals surface area (Å²) in [5.41, 5.74) is 1.03. The second kappa shape index (κ2) is 6.11. The summed E-state index contributed by atoms with van der Waals surface area (Å²) in [5.74, 6) is 0.864. The number of nitrogens with one attached hydrogen (secondary N) is 1. The third-order valence-electron chi connectivity index (χ3n) is 2.75. The van der Waals surface area contributed by atoms with E-state index in [1.165, 1.54) is 0 Å². The van der Waals surface area contributed by atoms with Crippen LogP contribution in [0.1, 0.15) is 17.4 Å². The van der Waals surface area contributed by atoms with Crippen LogP contribution in [0.5, 0.6) is 0 Å². The highest BCUT2D eigenvalue weighted by Crippen LogP contribution is 2.30. The molecule has 1 aromatic carbocycles. The van der Waals surface area contributed by atoms with E-state index >= 15 is 0 Å². The molecule has 0 amide bonds. The Hall–Kier alpha value is -0.480. The summed E-state index contributed by atoms with van der Waals surface area (Å²) in [6.07, 6.45) is 2.39. The van der Waals surface area contributed by atoms with E-state index in [0.29, 0.717) is 10.0 Å². The molecule has 0 aliphatic carbocycles. The first-order valence-electron chi connectivity index (χ1n) is 5.46. The van der Waals surface area contributed by atoms with Crippen molar-refractivity contribution in [2.24, 2.45) is 0 Å². The van der Waals surface area contributed by atoms with Crippen LogP contribution in [0.3, 0.4) is 0 Å². The number of benzene rings is 1. The maximum absolute atomic E-state index is 6.18. The lowest BCUT2D eigenvalue weighted by Gasteiger charge is -2.15. The highest BCUT2D eigenvalue weighted by atomic mass is 79.9. The van der Waals surface area contributed by atoms with Gasteiger partial charge in [-0.15, -0.1) is 0 Å². The van der Waals surface area contributed by atoms with Gasteiger partial charge in [0.05, 0.1) is 16.8 Å². The summed E-state index contributed by atoms with van der Waals surface area (Å²) >= 11 is 15.5. The van der Waals surface area contributed by atoms with Crippen LogP contribution >= 0.6 is 39.1 Å². The minimum absolute atomic E-state index is 0.0630. The van der Waals surface area contributed by atoms with Crippen molar-refractivity contribution in [1.82, 2.24) is 5.32 Å². The number of likely N-dealkylation sites (N-methyl/N-ethyl adjacent to an activating group) is 1. The number of halogens is 3. The van der Waals surface area contributed by atoms with Gasteiger partial charge in [0.15, 0.2) is 0 Å². The highest BCUT2D eigenvalue weighted by molar-refractivity contribution is 9.10. The van der Waals surface area contributed by atoms with Gasteiger partial charge in [0.25, 0.3) is 0 Å². The van der Waals surface area contributed by atoms with Crippen LogP contribution in [-0.2, 0) is 6.42 Å². The SMILES string of the molecule is CNC(Cc1ccc(Cl)cc1Cl)c1occc1Br.